The molecule has 0 aromatic heterocycles. The average molecular weight is 222 g/mol. The Labute approximate surface area is 94.1 Å². The van der Waals surface area contributed by atoms with E-state index >= 15 is 0 Å². The zero-order valence-corrected chi connectivity index (χ0v) is 9.29. The average Bonchev–Trinajstić information content (AvgIpc) is 2.22. The fraction of sp³-hybridized carbons (Fsp3) is 0.462. The highest BCUT2D eigenvalue weighted by molar-refractivity contribution is 5.79. The highest BCUT2D eigenvalue weighted by Gasteiger charge is 2.35. The van der Waals surface area contributed by atoms with Crippen LogP contribution in [0.2, 0.25) is 0 Å². The smallest absolute Gasteiger partial charge is 0.133 e. The molecule has 0 spiro atoms. The van der Waals surface area contributed by atoms with Crippen LogP contribution in [0.5, 0.6) is 0 Å². The van der Waals surface area contributed by atoms with Gasteiger partial charge in [0.15, 0.2) is 0 Å². The first-order valence-electron chi connectivity index (χ1n) is 5.52. The highest BCUT2D eigenvalue weighted by atomic mass is 19.1. The van der Waals surface area contributed by atoms with Gasteiger partial charge in [-0.2, -0.15) is 0 Å². The summed E-state index contributed by atoms with van der Waals surface area (Å²) in [6.45, 7) is 1.78. The van der Waals surface area contributed by atoms with Gasteiger partial charge >= 0.3 is 0 Å². The first kappa shape index (κ1) is 11.3. The molecule has 1 N–H and O–H groups in total. The summed E-state index contributed by atoms with van der Waals surface area (Å²) in [6.07, 6.45) is 1.71. The van der Waals surface area contributed by atoms with Gasteiger partial charge < -0.3 is 5.11 Å². The van der Waals surface area contributed by atoms with Gasteiger partial charge in [-0.25, -0.2) is 4.39 Å². The largest absolute Gasteiger partial charge is 0.385 e. The van der Waals surface area contributed by atoms with E-state index in [4.69, 9.17) is 0 Å². The van der Waals surface area contributed by atoms with Crippen LogP contribution in [-0.4, -0.2) is 10.9 Å². The molecule has 0 radical (unpaired) electrons. The number of Topliss-reactive ketones (excluding diaryl/α,β-unsaturated/α-hetero) is 1. The molecule has 0 unspecified atom stereocenters. The second-order valence-corrected chi connectivity index (χ2v) is 4.53. The molecule has 1 aromatic rings. The lowest BCUT2D eigenvalue weighted by atomic mass is 9.77. The first-order valence-corrected chi connectivity index (χ1v) is 5.52. The van der Waals surface area contributed by atoms with Crippen LogP contribution in [0.1, 0.15) is 36.8 Å². The van der Waals surface area contributed by atoms with E-state index in [0.717, 1.165) is 11.1 Å². The second kappa shape index (κ2) is 3.98. The molecule has 1 aliphatic carbocycles. The van der Waals surface area contributed by atoms with E-state index in [-0.39, 0.29) is 11.6 Å². The van der Waals surface area contributed by atoms with Crippen LogP contribution in [0.3, 0.4) is 0 Å². The van der Waals surface area contributed by atoms with E-state index in [1.165, 1.54) is 12.1 Å². The summed E-state index contributed by atoms with van der Waals surface area (Å²) in [5, 5.41) is 10.5. The van der Waals surface area contributed by atoms with Crippen molar-refractivity contribution < 1.29 is 14.3 Å². The standard InChI is InChI=1S/C13H15FO2/c1-9-8-10(14)2-3-12(9)13(16)6-4-11(15)5-7-13/h2-3,8,16H,4-7H2,1H3. The quantitative estimate of drug-likeness (QED) is 0.792. The van der Waals surface area contributed by atoms with E-state index < -0.39 is 5.60 Å². The van der Waals surface area contributed by atoms with Gasteiger partial charge in [0.25, 0.3) is 0 Å². The van der Waals surface area contributed by atoms with E-state index in [2.05, 4.69) is 0 Å². The molecule has 16 heavy (non-hydrogen) atoms. The maximum Gasteiger partial charge on any atom is 0.133 e. The lowest BCUT2D eigenvalue weighted by molar-refractivity contribution is -0.125. The Bertz CT molecular complexity index is 416. The molecule has 1 aromatic carbocycles. The Balaban J connectivity index is 2.32. The van der Waals surface area contributed by atoms with E-state index in [9.17, 15) is 14.3 Å². The van der Waals surface area contributed by atoms with Gasteiger partial charge in [0, 0.05) is 12.8 Å². The normalized spacial score (nSPS) is 19.8. The number of carbonyl (C=O) groups is 1. The summed E-state index contributed by atoms with van der Waals surface area (Å²) >= 11 is 0. The van der Waals surface area contributed by atoms with Crippen molar-refractivity contribution in [3.05, 3.63) is 35.1 Å². The molecular formula is C13H15FO2. The molecule has 2 nitrogen and oxygen atoms in total. The molecule has 3 heteroatoms. The van der Waals surface area contributed by atoms with Crippen molar-refractivity contribution in [3.63, 3.8) is 0 Å². The van der Waals surface area contributed by atoms with E-state index in [1.807, 2.05) is 0 Å². The Morgan fingerprint density at radius 2 is 1.94 bits per heavy atom. The van der Waals surface area contributed by atoms with Crippen LogP contribution in [-0.2, 0) is 10.4 Å². The van der Waals surface area contributed by atoms with Crippen LogP contribution < -0.4 is 0 Å². The topological polar surface area (TPSA) is 37.3 Å². The van der Waals surface area contributed by atoms with Gasteiger partial charge in [0.1, 0.15) is 11.6 Å². The summed E-state index contributed by atoms with van der Waals surface area (Å²) in [4.78, 5) is 11.2. The van der Waals surface area contributed by atoms with Gasteiger partial charge in [-0.15, -0.1) is 0 Å². The molecule has 1 fully saturated rings. The van der Waals surface area contributed by atoms with Gasteiger partial charge in [0.05, 0.1) is 5.60 Å². The van der Waals surface area contributed by atoms with Crippen molar-refractivity contribution in [1.82, 2.24) is 0 Å². The third-order valence-electron chi connectivity index (χ3n) is 3.32. The minimum atomic E-state index is -0.953. The summed E-state index contributed by atoms with van der Waals surface area (Å²) < 4.78 is 13.0. The minimum absolute atomic E-state index is 0.199. The van der Waals surface area contributed by atoms with Gasteiger partial charge in [-0.05, 0) is 43.0 Å². The van der Waals surface area contributed by atoms with E-state index in [0.29, 0.717) is 25.7 Å². The SMILES string of the molecule is Cc1cc(F)ccc1C1(O)CCC(=O)CC1. The number of hydrogen-bond donors (Lipinski definition) is 1. The van der Waals surface area contributed by atoms with Crippen LogP contribution >= 0.6 is 0 Å². The van der Waals surface area contributed by atoms with Crippen molar-refractivity contribution in [2.45, 2.75) is 38.2 Å². The summed E-state index contributed by atoms with van der Waals surface area (Å²) in [5.41, 5.74) is 0.546. The maximum atomic E-state index is 13.0. The Kier molecular flexibility index (Phi) is 2.80. The molecule has 1 aliphatic rings. The summed E-state index contributed by atoms with van der Waals surface area (Å²) in [5.74, 6) is -0.0961. The van der Waals surface area contributed by atoms with Gasteiger partial charge in [-0.3, -0.25) is 4.79 Å². The monoisotopic (exact) mass is 222 g/mol. The van der Waals surface area contributed by atoms with Crippen molar-refractivity contribution in [3.8, 4) is 0 Å². The third-order valence-corrected chi connectivity index (χ3v) is 3.32. The van der Waals surface area contributed by atoms with Gasteiger partial charge in [0.2, 0.25) is 0 Å². The second-order valence-electron chi connectivity index (χ2n) is 4.53. The number of hydrogen-bond acceptors (Lipinski definition) is 2. The molecule has 0 atom stereocenters. The molecule has 0 amide bonds. The maximum absolute atomic E-state index is 13.0. The van der Waals surface area contributed by atoms with E-state index in [1.54, 1.807) is 13.0 Å². The van der Waals surface area contributed by atoms with Gasteiger partial charge in [-0.1, -0.05) is 6.07 Å². The van der Waals surface area contributed by atoms with Crippen LogP contribution in [0.25, 0.3) is 0 Å². The zero-order valence-electron chi connectivity index (χ0n) is 9.29. The molecule has 86 valence electrons. The lowest BCUT2D eigenvalue weighted by Gasteiger charge is -2.33. The Morgan fingerprint density at radius 1 is 1.31 bits per heavy atom. The number of aryl methyl sites for hydroxylation is 1. The summed E-state index contributed by atoms with van der Waals surface area (Å²) in [6, 6.07) is 4.40. The van der Waals surface area contributed by atoms with Crippen molar-refractivity contribution in [2.24, 2.45) is 0 Å². The number of ketones is 1. The van der Waals surface area contributed by atoms with Crippen LogP contribution in [0.4, 0.5) is 4.39 Å². The number of aliphatic hydroxyl groups is 1. The predicted octanol–water partition coefficient (Wildman–Crippen LogP) is 2.46. The van der Waals surface area contributed by atoms with Crippen molar-refractivity contribution in [2.75, 3.05) is 0 Å². The van der Waals surface area contributed by atoms with Crippen LogP contribution in [0.15, 0.2) is 18.2 Å². The molecule has 0 heterocycles. The Hall–Kier alpha value is -1.22. The predicted molar refractivity (Wildman–Crippen MR) is 58.5 cm³/mol. The zero-order chi connectivity index (χ0) is 11.8. The lowest BCUT2D eigenvalue weighted by Crippen LogP contribution is -2.32. The molecule has 0 aliphatic heterocycles. The fourth-order valence-corrected chi connectivity index (χ4v) is 2.36. The van der Waals surface area contributed by atoms with Crippen LogP contribution in [0, 0.1) is 12.7 Å². The molecule has 1 saturated carbocycles. The number of halogens is 1. The third kappa shape index (κ3) is 2.00. The molecular weight excluding hydrogens is 207 g/mol. The summed E-state index contributed by atoms with van der Waals surface area (Å²) in [7, 11) is 0. The first-order chi connectivity index (χ1) is 7.51. The highest BCUT2D eigenvalue weighted by Crippen LogP contribution is 2.37. The molecule has 2 rings (SSSR count). The Morgan fingerprint density at radius 3 is 2.50 bits per heavy atom. The number of benzene rings is 1. The van der Waals surface area contributed by atoms with Crippen molar-refractivity contribution in [1.29, 1.82) is 0 Å². The van der Waals surface area contributed by atoms with Crippen molar-refractivity contribution >= 4 is 5.78 Å². The fourth-order valence-electron chi connectivity index (χ4n) is 2.36. The minimum Gasteiger partial charge on any atom is -0.385 e. The molecule has 0 bridgehead atoms. The number of carbonyl (C=O) groups excluding carboxylic acids is 1. The number of rotatable bonds is 1. The molecule has 0 saturated heterocycles.